The molecule has 19 heavy (non-hydrogen) atoms. The smallest absolute Gasteiger partial charge is 0.124 e. The summed E-state index contributed by atoms with van der Waals surface area (Å²) >= 11 is 11.4. The summed E-state index contributed by atoms with van der Waals surface area (Å²) in [5.41, 5.74) is 0.902. The normalized spacial score (nSPS) is 12.7. The Morgan fingerprint density at radius 2 is 2.16 bits per heavy atom. The maximum atomic E-state index is 13.2. The van der Waals surface area contributed by atoms with Crippen LogP contribution in [0.3, 0.4) is 0 Å². The molecular weight excluding hydrogens is 349 g/mol. The summed E-state index contributed by atoms with van der Waals surface area (Å²) in [5, 5.41) is 3.85. The molecule has 1 aromatic carbocycles. The second-order valence-corrected chi connectivity index (χ2v) is 6.76. The SMILES string of the molecule is CCNC(c1cc(Br)c(C)s1)c1ccc(F)cc1Cl. The Morgan fingerprint density at radius 3 is 2.68 bits per heavy atom. The molecule has 1 heterocycles. The quantitative estimate of drug-likeness (QED) is 0.777. The number of rotatable bonds is 4. The summed E-state index contributed by atoms with van der Waals surface area (Å²) in [6, 6.07) is 6.63. The van der Waals surface area contributed by atoms with E-state index in [9.17, 15) is 4.39 Å². The Hall–Kier alpha value is -0.420. The van der Waals surface area contributed by atoms with Crippen LogP contribution in [0.5, 0.6) is 0 Å². The Morgan fingerprint density at radius 1 is 1.42 bits per heavy atom. The molecule has 0 fully saturated rings. The van der Waals surface area contributed by atoms with E-state index < -0.39 is 0 Å². The van der Waals surface area contributed by atoms with Crippen molar-refractivity contribution in [2.75, 3.05) is 6.54 Å². The van der Waals surface area contributed by atoms with Crippen molar-refractivity contribution in [1.29, 1.82) is 0 Å². The first-order valence-electron chi connectivity index (χ1n) is 5.97. The molecule has 0 aliphatic heterocycles. The van der Waals surface area contributed by atoms with Crippen molar-refractivity contribution in [3.05, 3.63) is 54.9 Å². The number of aryl methyl sites for hydroxylation is 1. The zero-order valence-electron chi connectivity index (χ0n) is 10.6. The Labute approximate surface area is 129 Å². The lowest BCUT2D eigenvalue weighted by Gasteiger charge is -2.18. The Balaban J connectivity index is 2.44. The Kier molecular flexibility index (Phi) is 5.01. The number of benzene rings is 1. The molecule has 0 amide bonds. The van der Waals surface area contributed by atoms with Crippen molar-refractivity contribution < 1.29 is 4.39 Å². The zero-order chi connectivity index (χ0) is 14.0. The highest BCUT2D eigenvalue weighted by atomic mass is 79.9. The van der Waals surface area contributed by atoms with E-state index in [1.54, 1.807) is 17.4 Å². The number of hydrogen-bond donors (Lipinski definition) is 1. The van der Waals surface area contributed by atoms with Gasteiger partial charge in [-0.2, -0.15) is 0 Å². The van der Waals surface area contributed by atoms with Gasteiger partial charge in [0.05, 0.1) is 6.04 Å². The van der Waals surface area contributed by atoms with E-state index in [4.69, 9.17) is 11.6 Å². The van der Waals surface area contributed by atoms with Crippen LogP contribution in [-0.2, 0) is 0 Å². The fourth-order valence-corrected chi connectivity index (χ4v) is 3.86. The molecule has 2 rings (SSSR count). The van der Waals surface area contributed by atoms with Crippen LogP contribution < -0.4 is 5.32 Å². The topological polar surface area (TPSA) is 12.0 Å². The average Bonchev–Trinajstić information content (AvgIpc) is 2.67. The van der Waals surface area contributed by atoms with Gasteiger partial charge in [-0.25, -0.2) is 4.39 Å². The van der Waals surface area contributed by atoms with Crippen LogP contribution in [-0.4, -0.2) is 6.54 Å². The Bertz CT molecular complexity index is 565. The summed E-state index contributed by atoms with van der Waals surface area (Å²) in [6.07, 6.45) is 0. The van der Waals surface area contributed by atoms with Gasteiger partial charge in [-0.05, 0) is 53.2 Å². The third-order valence-electron chi connectivity index (χ3n) is 2.84. The third-order valence-corrected chi connectivity index (χ3v) is 5.37. The van der Waals surface area contributed by atoms with Crippen LogP contribution in [0.25, 0.3) is 0 Å². The minimum absolute atomic E-state index is 0.00639. The lowest BCUT2D eigenvalue weighted by atomic mass is 10.1. The molecule has 0 aliphatic rings. The van der Waals surface area contributed by atoms with Gasteiger partial charge in [0, 0.05) is 19.2 Å². The van der Waals surface area contributed by atoms with Gasteiger partial charge in [-0.15, -0.1) is 11.3 Å². The van der Waals surface area contributed by atoms with Crippen molar-refractivity contribution in [1.82, 2.24) is 5.32 Å². The molecule has 0 saturated heterocycles. The van der Waals surface area contributed by atoms with Crippen molar-refractivity contribution in [2.24, 2.45) is 0 Å². The molecule has 102 valence electrons. The molecule has 0 aliphatic carbocycles. The third kappa shape index (κ3) is 3.37. The lowest BCUT2D eigenvalue weighted by Crippen LogP contribution is -2.21. The van der Waals surface area contributed by atoms with Crippen LogP contribution in [0.1, 0.15) is 28.3 Å². The molecule has 1 N–H and O–H groups in total. The van der Waals surface area contributed by atoms with Crippen molar-refractivity contribution in [2.45, 2.75) is 19.9 Å². The molecule has 0 radical (unpaired) electrons. The lowest BCUT2D eigenvalue weighted by molar-refractivity contribution is 0.617. The van der Waals surface area contributed by atoms with E-state index in [0.717, 1.165) is 16.6 Å². The van der Waals surface area contributed by atoms with Crippen LogP contribution in [0, 0.1) is 12.7 Å². The van der Waals surface area contributed by atoms with Crippen LogP contribution in [0.15, 0.2) is 28.7 Å². The fourth-order valence-electron chi connectivity index (χ4n) is 1.93. The molecule has 0 saturated carbocycles. The van der Waals surface area contributed by atoms with Gasteiger partial charge >= 0.3 is 0 Å². The van der Waals surface area contributed by atoms with Gasteiger partial charge in [-0.3, -0.25) is 0 Å². The van der Waals surface area contributed by atoms with Crippen molar-refractivity contribution in [3.8, 4) is 0 Å². The number of thiophene rings is 1. The second kappa shape index (κ2) is 6.35. The van der Waals surface area contributed by atoms with E-state index in [1.807, 2.05) is 6.92 Å². The van der Waals surface area contributed by atoms with Crippen LogP contribution >= 0.6 is 38.9 Å². The van der Waals surface area contributed by atoms with E-state index in [0.29, 0.717) is 5.02 Å². The molecule has 1 aromatic heterocycles. The summed E-state index contributed by atoms with van der Waals surface area (Å²) in [6.45, 7) is 4.92. The highest BCUT2D eigenvalue weighted by molar-refractivity contribution is 9.10. The fraction of sp³-hybridized carbons (Fsp3) is 0.286. The summed E-state index contributed by atoms with van der Waals surface area (Å²) < 4.78 is 14.2. The van der Waals surface area contributed by atoms with Crippen LogP contribution in [0.2, 0.25) is 5.02 Å². The highest BCUT2D eigenvalue weighted by Crippen LogP contribution is 2.36. The maximum absolute atomic E-state index is 13.2. The van der Waals surface area contributed by atoms with E-state index in [-0.39, 0.29) is 11.9 Å². The van der Waals surface area contributed by atoms with E-state index in [1.165, 1.54) is 21.9 Å². The van der Waals surface area contributed by atoms with Gasteiger partial charge < -0.3 is 5.32 Å². The molecule has 1 atom stereocenters. The molecular formula is C14H14BrClFNS. The average molecular weight is 363 g/mol. The predicted octanol–water partition coefficient (Wildman–Crippen LogP) is 5.31. The van der Waals surface area contributed by atoms with Gasteiger partial charge in [0.2, 0.25) is 0 Å². The van der Waals surface area contributed by atoms with Gasteiger partial charge in [-0.1, -0.05) is 24.6 Å². The van der Waals surface area contributed by atoms with Crippen LogP contribution in [0.4, 0.5) is 4.39 Å². The minimum atomic E-state index is -0.312. The first kappa shape index (κ1) is 15.0. The molecule has 1 unspecified atom stereocenters. The van der Waals surface area contributed by atoms with Gasteiger partial charge in [0.25, 0.3) is 0 Å². The molecule has 0 bridgehead atoms. The first-order chi connectivity index (χ1) is 9.02. The maximum Gasteiger partial charge on any atom is 0.124 e. The predicted molar refractivity (Wildman–Crippen MR) is 83.7 cm³/mol. The summed E-state index contributed by atoms with van der Waals surface area (Å²) in [4.78, 5) is 2.39. The van der Waals surface area contributed by atoms with Crippen molar-refractivity contribution in [3.63, 3.8) is 0 Å². The van der Waals surface area contributed by atoms with Crippen molar-refractivity contribution >= 4 is 38.9 Å². The highest BCUT2D eigenvalue weighted by Gasteiger charge is 2.19. The molecule has 5 heteroatoms. The zero-order valence-corrected chi connectivity index (χ0v) is 13.8. The summed E-state index contributed by atoms with van der Waals surface area (Å²) in [7, 11) is 0. The molecule has 1 nitrogen and oxygen atoms in total. The monoisotopic (exact) mass is 361 g/mol. The number of hydrogen-bond acceptors (Lipinski definition) is 2. The minimum Gasteiger partial charge on any atom is -0.306 e. The number of halogens is 3. The standard InChI is InChI=1S/C14H14BrClFNS/c1-3-18-14(13-7-11(15)8(2)19-13)10-5-4-9(17)6-12(10)16/h4-7,14,18H,3H2,1-2H3. The van der Waals surface area contributed by atoms with Gasteiger partial charge in [0.15, 0.2) is 0 Å². The largest absolute Gasteiger partial charge is 0.306 e. The van der Waals surface area contributed by atoms with E-state index >= 15 is 0 Å². The molecule has 0 spiro atoms. The first-order valence-corrected chi connectivity index (χ1v) is 7.95. The second-order valence-electron chi connectivity index (χ2n) is 4.21. The summed E-state index contributed by atoms with van der Waals surface area (Å²) in [5.74, 6) is -0.312. The van der Waals surface area contributed by atoms with E-state index in [2.05, 4.69) is 34.2 Å². The molecule has 2 aromatic rings. The number of nitrogens with one attached hydrogen (secondary N) is 1. The van der Waals surface area contributed by atoms with Gasteiger partial charge in [0.1, 0.15) is 5.82 Å².